The molecule has 18 heavy (non-hydrogen) atoms. The molecule has 1 fully saturated rings. The van der Waals surface area contributed by atoms with Crippen molar-refractivity contribution >= 4 is 5.82 Å². The fourth-order valence-electron chi connectivity index (χ4n) is 2.25. The number of hydrogen-bond donors (Lipinski definition) is 1. The van der Waals surface area contributed by atoms with Gasteiger partial charge in [0.2, 0.25) is 0 Å². The predicted molar refractivity (Wildman–Crippen MR) is 74.8 cm³/mol. The normalized spacial score (nSPS) is 15.1. The Balaban J connectivity index is 1.76. The molecule has 100 valence electrons. The first-order chi connectivity index (χ1) is 8.83. The molecule has 0 bridgehead atoms. The van der Waals surface area contributed by atoms with Gasteiger partial charge in [0, 0.05) is 30.9 Å². The zero-order valence-corrected chi connectivity index (χ0v) is 11.5. The van der Waals surface area contributed by atoms with E-state index in [1.165, 1.54) is 12.8 Å². The molecule has 4 nitrogen and oxygen atoms in total. The molecule has 0 atom stereocenters. The molecule has 0 aromatic carbocycles. The van der Waals surface area contributed by atoms with Gasteiger partial charge in [0.25, 0.3) is 0 Å². The lowest BCUT2D eigenvalue weighted by Crippen LogP contribution is -2.31. The van der Waals surface area contributed by atoms with Crippen LogP contribution in [-0.2, 0) is 6.42 Å². The first-order valence-electron chi connectivity index (χ1n) is 7.12. The summed E-state index contributed by atoms with van der Waals surface area (Å²) in [6.45, 7) is 7.63. The second-order valence-corrected chi connectivity index (χ2v) is 4.93. The van der Waals surface area contributed by atoms with Gasteiger partial charge in [0.1, 0.15) is 12.1 Å². The van der Waals surface area contributed by atoms with Gasteiger partial charge in [0.05, 0.1) is 0 Å². The van der Waals surface area contributed by atoms with Crippen LogP contribution in [-0.4, -0.2) is 40.5 Å². The van der Waals surface area contributed by atoms with Gasteiger partial charge in [0.15, 0.2) is 0 Å². The zero-order valence-electron chi connectivity index (χ0n) is 11.5. The van der Waals surface area contributed by atoms with Crippen LogP contribution >= 0.6 is 0 Å². The fourth-order valence-corrected chi connectivity index (χ4v) is 2.25. The molecule has 1 aliphatic carbocycles. The highest BCUT2D eigenvalue weighted by molar-refractivity contribution is 5.34. The SMILES string of the molecule is CCCc1cc(NCCN(CC)C2CC2)ncn1. The lowest BCUT2D eigenvalue weighted by atomic mass is 10.2. The topological polar surface area (TPSA) is 41.0 Å². The number of nitrogens with one attached hydrogen (secondary N) is 1. The van der Waals surface area contributed by atoms with Crippen LogP contribution in [0.1, 0.15) is 38.8 Å². The number of likely N-dealkylation sites (N-methyl/N-ethyl adjacent to an activating group) is 1. The third kappa shape index (κ3) is 3.95. The van der Waals surface area contributed by atoms with Crippen LogP contribution in [0.3, 0.4) is 0 Å². The van der Waals surface area contributed by atoms with Crippen molar-refractivity contribution in [1.29, 1.82) is 0 Å². The Bertz CT molecular complexity index is 363. The number of anilines is 1. The summed E-state index contributed by atoms with van der Waals surface area (Å²) in [5, 5.41) is 3.40. The minimum Gasteiger partial charge on any atom is -0.369 e. The molecule has 2 rings (SSSR count). The quantitative estimate of drug-likeness (QED) is 0.766. The van der Waals surface area contributed by atoms with Crippen LogP contribution < -0.4 is 5.32 Å². The van der Waals surface area contributed by atoms with E-state index in [9.17, 15) is 0 Å². The summed E-state index contributed by atoms with van der Waals surface area (Å²) in [4.78, 5) is 11.1. The fraction of sp³-hybridized carbons (Fsp3) is 0.714. The van der Waals surface area contributed by atoms with Gasteiger partial charge < -0.3 is 5.32 Å². The number of aryl methyl sites for hydroxylation is 1. The molecule has 1 aromatic rings. The van der Waals surface area contributed by atoms with E-state index in [1.54, 1.807) is 6.33 Å². The Kier molecular flexibility index (Phi) is 4.93. The molecule has 0 aliphatic heterocycles. The second kappa shape index (κ2) is 6.69. The predicted octanol–water partition coefficient (Wildman–Crippen LogP) is 2.33. The summed E-state index contributed by atoms with van der Waals surface area (Å²) in [6.07, 6.45) is 6.57. The van der Waals surface area contributed by atoms with E-state index in [4.69, 9.17) is 0 Å². The third-order valence-corrected chi connectivity index (χ3v) is 3.40. The average Bonchev–Trinajstić information content (AvgIpc) is 3.20. The van der Waals surface area contributed by atoms with Crippen molar-refractivity contribution < 1.29 is 0 Å². The summed E-state index contributed by atoms with van der Waals surface area (Å²) >= 11 is 0. The van der Waals surface area contributed by atoms with Gasteiger partial charge in [-0.15, -0.1) is 0 Å². The van der Waals surface area contributed by atoms with Crippen LogP contribution in [0.25, 0.3) is 0 Å². The second-order valence-electron chi connectivity index (χ2n) is 4.93. The van der Waals surface area contributed by atoms with Gasteiger partial charge in [-0.1, -0.05) is 20.3 Å². The summed E-state index contributed by atoms with van der Waals surface area (Å²) < 4.78 is 0. The van der Waals surface area contributed by atoms with E-state index in [0.717, 1.165) is 50.0 Å². The molecule has 4 heteroatoms. The van der Waals surface area contributed by atoms with Crippen molar-refractivity contribution in [3.05, 3.63) is 18.1 Å². The minimum absolute atomic E-state index is 0.845. The van der Waals surface area contributed by atoms with Crippen LogP contribution in [0.4, 0.5) is 5.82 Å². The highest BCUT2D eigenvalue weighted by Crippen LogP contribution is 2.25. The van der Waals surface area contributed by atoms with E-state index in [1.807, 2.05) is 0 Å². The van der Waals surface area contributed by atoms with Gasteiger partial charge in [-0.25, -0.2) is 9.97 Å². The summed E-state index contributed by atoms with van der Waals surface area (Å²) in [5.41, 5.74) is 1.13. The Morgan fingerprint density at radius 1 is 1.33 bits per heavy atom. The molecule has 1 saturated carbocycles. The number of aromatic nitrogens is 2. The zero-order chi connectivity index (χ0) is 12.8. The molecule has 1 heterocycles. The summed E-state index contributed by atoms with van der Waals surface area (Å²) in [6, 6.07) is 2.91. The number of rotatable bonds is 8. The van der Waals surface area contributed by atoms with E-state index in [0.29, 0.717) is 0 Å². The summed E-state index contributed by atoms with van der Waals surface area (Å²) in [5.74, 6) is 0.959. The Hall–Kier alpha value is -1.16. The average molecular weight is 248 g/mol. The molecule has 0 saturated heterocycles. The standard InChI is InChI=1S/C14H24N4/c1-3-5-12-10-14(17-11-16-12)15-8-9-18(4-2)13-6-7-13/h10-11,13H,3-9H2,1-2H3,(H,15,16,17). The van der Waals surface area contributed by atoms with Crippen LogP contribution in [0.15, 0.2) is 12.4 Å². The largest absolute Gasteiger partial charge is 0.369 e. The van der Waals surface area contributed by atoms with Crippen molar-refractivity contribution in [2.45, 2.75) is 45.6 Å². The van der Waals surface area contributed by atoms with E-state index in [-0.39, 0.29) is 0 Å². The molecule has 1 aromatic heterocycles. The van der Waals surface area contributed by atoms with Crippen molar-refractivity contribution in [3.63, 3.8) is 0 Å². The van der Waals surface area contributed by atoms with E-state index in [2.05, 4.69) is 40.1 Å². The summed E-state index contributed by atoms with van der Waals surface area (Å²) in [7, 11) is 0. The molecular weight excluding hydrogens is 224 g/mol. The van der Waals surface area contributed by atoms with Crippen molar-refractivity contribution in [1.82, 2.24) is 14.9 Å². The smallest absolute Gasteiger partial charge is 0.129 e. The van der Waals surface area contributed by atoms with Crippen LogP contribution in [0.5, 0.6) is 0 Å². The highest BCUT2D eigenvalue weighted by Gasteiger charge is 2.27. The Labute approximate surface area is 110 Å². The van der Waals surface area contributed by atoms with Crippen molar-refractivity contribution in [2.75, 3.05) is 25.0 Å². The lowest BCUT2D eigenvalue weighted by molar-refractivity contribution is 0.289. The monoisotopic (exact) mass is 248 g/mol. The number of hydrogen-bond acceptors (Lipinski definition) is 4. The molecule has 1 aliphatic rings. The third-order valence-electron chi connectivity index (χ3n) is 3.40. The molecule has 1 N–H and O–H groups in total. The molecule has 0 spiro atoms. The Morgan fingerprint density at radius 2 is 2.17 bits per heavy atom. The lowest BCUT2D eigenvalue weighted by Gasteiger charge is -2.19. The maximum atomic E-state index is 4.27. The van der Waals surface area contributed by atoms with Crippen LogP contribution in [0, 0.1) is 0 Å². The first-order valence-corrected chi connectivity index (χ1v) is 7.12. The van der Waals surface area contributed by atoms with Crippen molar-refractivity contribution in [2.24, 2.45) is 0 Å². The highest BCUT2D eigenvalue weighted by atomic mass is 15.2. The first kappa shape index (κ1) is 13.3. The maximum absolute atomic E-state index is 4.27. The molecule has 0 radical (unpaired) electrons. The van der Waals surface area contributed by atoms with Gasteiger partial charge in [-0.3, -0.25) is 4.90 Å². The molecule has 0 unspecified atom stereocenters. The molecular formula is C14H24N4. The number of nitrogens with zero attached hydrogens (tertiary/aromatic N) is 3. The van der Waals surface area contributed by atoms with Gasteiger partial charge in [-0.05, 0) is 25.8 Å². The minimum atomic E-state index is 0.845. The maximum Gasteiger partial charge on any atom is 0.129 e. The van der Waals surface area contributed by atoms with Crippen LogP contribution in [0.2, 0.25) is 0 Å². The van der Waals surface area contributed by atoms with Gasteiger partial charge in [-0.2, -0.15) is 0 Å². The van der Waals surface area contributed by atoms with E-state index >= 15 is 0 Å². The molecule has 0 amide bonds. The van der Waals surface area contributed by atoms with Gasteiger partial charge >= 0.3 is 0 Å². The van der Waals surface area contributed by atoms with E-state index < -0.39 is 0 Å². The Morgan fingerprint density at radius 3 is 2.83 bits per heavy atom. The van der Waals surface area contributed by atoms with Crippen molar-refractivity contribution in [3.8, 4) is 0 Å².